The summed E-state index contributed by atoms with van der Waals surface area (Å²) in [5.74, 6) is 0. The van der Waals surface area contributed by atoms with Crippen molar-refractivity contribution in [2.24, 2.45) is 0 Å². The van der Waals surface area contributed by atoms with E-state index in [9.17, 15) is 0 Å². The molecule has 2 unspecified atom stereocenters. The molecule has 1 aliphatic rings. The molecule has 2 atom stereocenters. The highest BCUT2D eigenvalue weighted by Crippen LogP contribution is 2.33. The van der Waals surface area contributed by atoms with Crippen molar-refractivity contribution in [3.8, 4) is 0 Å². The van der Waals surface area contributed by atoms with Gasteiger partial charge in [0.25, 0.3) is 0 Å². The van der Waals surface area contributed by atoms with E-state index < -0.39 is 0 Å². The average Bonchev–Trinajstić information content (AvgIpc) is 2.25. The molecule has 0 radical (unpaired) electrons. The zero-order valence-corrected chi connectivity index (χ0v) is 13.2. The Morgan fingerprint density at radius 3 is 2.33 bits per heavy atom. The number of allylic oxidation sites excluding steroid dienone is 1. The third-order valence-electron chi connectivity index (χ3n) is 4.49. The first-order valence-electron chi connectivity index (χ1n) is 7.56. The van der Waals surface area contributed by atoms with E-state index in [4.69, 9.17) is 0 Å². The minimum atomic E-state index is 0.559. The highest BCUT2D eigenvalue weighted by atomic mass is 15.3. The first kappa shape index (κ1) is 15.6. The van der Waals surface area contributed by atoms with Gasteiger partial charge in [0.15, 0.2) is 0 Å². The van der Waals surface area contributed by atoms with Crippen molar-refractivity contribution in [3.05, 3.63) is 12.3 Å². The fourth-order valence-corrected chi connectivity index (χ4v) is 3.08. The highest BCUT2D eigenvalue weighted by molar-refractivity contribution is 4.99. The monoisotopic (exact) mass is 252 g/mol. The van der Waals surface area contributed by atoms with Crippen molar-refractivity contribution in [1.82, 2.24) is 9.80 Å². The van der Waals surface area contributed by atoms with Crippen LogP contribution in [0.4, 0.5) is 0 Å². The Hall–Kier alpha value is -0.500. The maximum Gasteiger partial charge on any atom is 0.0226 e. The number of nitrogens with zero attached hydrogens (tertiary/aromatic N) is 2. The van der Waals surface area contributed by atoms with Gasteiger partial charge in [0.05, 0.1) is 0 Å². The van der Waals surface area contributed by atoms with E-state index in [2.05, 4.69) is 58.0 Å². The molecule has 0 aliphatic carbocycles. The number of hydrogen-bond acceptors (Lipinski definition) is 2. The van der Waals surface area contributed by atoms with Gasteiger partial charge in [-0.05, 0) is 53.4 Å². The SMILES string of the molecule is C=C(CCC1CC(CC)N1C(C)C)N(C)C(C)C. The Morgan fingerprint density at radius 1 is 1.28 bits per heavy atom. The summed E-state index contributed by atoms with van der Waals surface area (Å²) in [6, 6.07) is 2.85. The predicted octanol–water partition coefficient (Wildman–Crippen LogP) is 3.88. The molecule has 2 heteroatoms. The molecule has 0 amide bonds. The van der Waals surface area contributed by atoms with Gasteiger partial charge in [-0.25, -0.2) is 0 Å². The third-order valence-corrected chi connectivity index (χ3v) is 4.49. The topological polar surface area (TPSA) is 6.48 Å². The van der Waals surface area contributed by atoms with Gasteiger partial charge in [-0.15, -0.1) is 0 Å². The van der Waals surface area contributed by atoms with Crippen molar-refractivity contribution >= 4 is 0 Å². The van der Waals surface area contributed by atoms with Gasteiger partial charge >= 0.3 is 0 Å². The molecule has 0 saturated carbocycles. The molecule has 1 saturated heterocycles. The van der Waals surface area contributed by atoms with Crippen LogP contribution in [-0.2, 0) is 0 Å². The maximum atomic E-state index is 4.22. The predicted molar refractivity (Wildman–Crippen MR) is 80.7 cm³/mol. The van der Waals surface area contributed by atoms with Crippen LogP contribution in [0, 0.1) is 0 Å². The largest absolute Gasteiger partial charge is 0.376 e. The average molecular weight is 252 g/mol. The standard InChI is InChI=1S/C16H32N2/c1-8-15-11-16(18(15)13(4)5)10-9-14(6)17(7)12(2)3/h12-13,15-16H,6,8-11H2,1-5,7H3. The van der Waals surface area contributed by atoms with Gasteiger partial charge in [0, 0.05) is 36.9 Å². The molecular weight excluding hydrogens is 220 g/mol. The van der Waals surface area contributed by atoms with Crippen molar-refractivity contribution in [2.45, 2.75) is 84.5 Å². The van der Waals surface area contributed by atoms with Gasteiger partial charge in [-0.2, -0.15) is 0 Å². The molecule has 0 bridgehead atoms. The van der Waals surface area contributed by atoms with E-state index in [1.165, 1.54) is 25.0 Å². The second-order valence-electron chi connectivity index (χ2n) is 6.30. The van der Waals surface area contributed by atoms with Crippen LogP contribution in [0.25, 0.3) is 0 Å². The molecule has 1 rings (SSSR count). The van der Waals surface area contributed by atoms with Gasteiger partial charge in [-0.3, -0.25) is 4.90 Å². The van der Waals surface area contributed by atoms with Crippen molar-refractivity contribution in [2.75, 3.05) is 7.05 Å². The van der Waals surface area contributed by atoms with Gasteiger partial charge in [0.1, 0.15) is 0 Å². The molecule has 2 nitrogen and oxygen atoms in total. The Kier molecular flexibility index (Phi) is 5.71. The highest BCUT2D eigenvalue weighted by Gasteiger charge is 2.37. The molecule has 106 valence electrons. The molecule has 0 aromatic carbocycles. The zero-order valence-electron chi connectivity index (χ0n) is 13.2. The minimum Gasteiger partial charge on any atom is -0.376 e. The van der Waals surface area contributed by atoms with Crippen molar-refractivity contribution in [3.63, 3.8) is 0 Å². The second kappa shape index (κ2) is 6.60. The summed E-state index contributed by atoms with van der Waals surface area (Å²) in [5, 5.41) is 0. The lowest BCUT2D eigenvalue weighted by molar-refractivity contribution is -0.0200. The van der Waals surface area contributed by atoms with E-state index in [0.717, 1.165) is 18.5 Å². The van der Waals surface area contributed by atoms with E-state index in [-0.39, 0.29) is 0 Å². The molecular formula is C16H32N2. The number of rotatable bonds is 7. The Balaban J connectivity index is 2.38. The summed E-state index contributed by atoms with van der Waals surface area (Å²) in [7, 11) is 2.16. The van der Waals surface area contributed by atoms with Crippen LogP contribution in [-0.4, -0.2) is 41.0 Å². The summed E-state index contributed by atoms with van der Waals surface area (Å²) in [4.78, 5) is 5.00. The Morgan fingerprint density at radius 2 is 1.89 bits per heavy atom. The summed E-state index contributed by atoms with van der Waals surface area (Å²) >= 11 is 0. The van der Waals surface area contributed by atoms with Gasteiger partial charge in [-0.1, -0.05) is 13.5 Å². The van der Waals surface area contributed by atoms with Crippen molar-refractivity contribution in [1.29, 1.82) is 0 Å². The maximum absolute atomic E-state index is 4.22. The van der Waals surface area contributed by atoms with Crippen LogP contribution in [0.1, 0.15) is 60.3 Å². The first-order chi connectivity index (χ1) is 8.38. The number of hydrogen-bond donors (Lipinski definition) is 0. The van der Waals surface area contributed by atoms with E-state index in [1.54, 1.807) is 0 Å². The van der Waals surface area contributed by atoms with Crippen LogP contribution < -0.4 is 0 Å². The Labute approximate surface area is 114 Å². The van der Waals surface area contributed by atoms with Gasteiger partial charge < -0.3 is 4.90 Å². The number of likely N-dealkylation sites (tertiary alicyclic amines) is 1. The normalized spacial score (nSPS) is 24.4. The lowest BCUT2D eigenvalue weighted by atomic mass is 9.86. The Bertz CT molecular complexity index is 270. The summed E-state index contributed by atoms with van der Waals surface area (Å²) < 4.78 is 0. The lowest BCUT2D eigenvalue weighted by Gasteiger charge is -2.51. The summed E-state index contributed by atoms with van der Waals surface area (Å²) in [5.41, 5.74) is 1.29. The summed E-state index contributed by atoms with van der Waals surface area (Å²) in [6.45, 7) is 15.6. The lowest BCUT2D eigenvalue weighted by Crippen LogP contribution is -2.58. The molecule has 0 spiro atoms. The molecule has 1 heterocycles. The van der Waals surface area contributed by atoms with Crippen molar-refractivity contribution < 1.29 is 0 Å². The van der Waals surface area contributed by atoms with Gasteiger partial charge in [0.2, 0.25) is 0 Å². The van der Waals surface area contributed by atoms with Crippen LogP contribution in [0.2, 0.25) is 0 Å². The van der Waals surface area contributed by atoms with Crippen LogP contribution in [0.15, 0.2) is 12.3 Å². The summed E-state index contributed by atoms with van der Waals surface area (Å²) in [6.07, 6.45) is 5.08. The second-order valence-corrected chi connectivity index (χ2v) is 6.30. The van der Waals surface area contributed by atoms with E-state index in [1.807, 2.05) is 0 Å². The van der Waals surface area contributed by atoms with E-state index >= 15 is 0 Å². The fraction of sp³-hybridized carbons (Fsp3) is 0.875. The molecule has 0 N–H and O–H groups in total. The van der Waals surface area contributed by atoms with E-state index in [0.29, 0.717) is 12.1 Å². The molecule has 0 aromatic heterocycles. The molecule has 18 heavy (non-hydrogen) atoms. The zero-order chi connectivity index (χ0) is 13.9. The van der Waals surface area contributed by atoms with Crippen LogP contribution in [0.5, 0.6) is 0 Å². The minimum absolute atomic E-state index is 0.559. The van der Waals surface area contributed by atoms with Crippen LogP contribution in [0.3, 0.4) is 0 Å². The quantitative estimate of drug-likeness (QED) is 0.678. The van der Waals surface area contributed by atoms with Crippen LogP contribution >= 0.6 is 0 Å². The molecule has 1 aliphatic heterocycles. The first-order valence-corrected chi connectivity index (χ1v) is 7.56. The fourth-order valence-electron chi connectivity index (χ4n) is 3.08. The molecule has 1 fully saturated rings. The molecule has 0 aromatic rings. The smallest absolute Gasteiger partial charge is 0.0226 e. The third kappa shape index (κ3) is 3.50.